The van der Waals surface area contributed by atoms with Crippen LogP contribution >= 0.6 is 35.6 Å². The Morgan fingerprint density at radius 3 is 2.52 bits per heavy atom. The van der Waals surface area contributed by atoms with Crippen LogP contribution in [0.3, 0.4) is 0 Å². The number of guanidine groups is 1. The first-order chi connectivity index (χ1) is 13.3. The van der Waals surface area contributed by atoms with Crippen molar-refractivity contribution in [2.75, 3.05) is 40.3 Å². The molecule has 0 saturated heterocycles. The number of hydrogen-bond acceptors (Lipinski definition) is 3. The summed E-state index contributed by atoms with van der Waals surface area (Å²) in [4.78, 5) is 5.33. The highest BCUT2D eigenvalue weighted by molar-refractivity contribution is 14.0. The van der Waals surface area contributed by atoms with Gasteiger partial charge in [-0.1, -0.05) is 23.7 Å². The fraction of sp³-hybridized carbons (Fsp3) is 0.444. The molecular formula is C18H25ClF3IN6. The lowest BCUT2D eigenvalue weighted by Crippen LogP contribution is -2.44. The minimum atomic E-state index is -4.20. The van der Waals surface area contributed by atoms with Crippen LogP contribution in [0.5, 0.6) is 0 Å². The van der Waals surface area contributed by atoms with E-state index in [-0.39, 0.29) is 36.6 Å². The van der Waals surface area contributed by atoms with Gasteiger partial charge in [0.1, 0.15) is 0 Å². The molecule has 11 heteroatoms. The number of alkyl halides is 3. The standard InChI is InChI=1S/C18H24ClF3N6.HI/c1-23-17(24-9-11-27(2)13-18(20,21)22)25-12-16(28-10-3-8-26-28)14-4-6-15(19)7-5-14;/h3-8,10,16H,9,11-13H2,1-2H3,(H2,23,24,25);1H. The Hall–Kier alpha value is -1.53. The quantitative estimate of drug-likeness (QED) is 0.304. The van der Waals surface area contributed by atoms with Gasteiger partial charge in [0.15, 0.2) is 5.96 Å². The van der Waals surface area contributed by atoms with E-state index < -0.39 is 12.7 Å². The lowest BCUT2D eigenvalue weighted by molar-refractivity contribution is -0.142. The summed E-state index contributed by atoms with van der Waals surface area (Å²) in [7, 11) is 3.04. The minimum Gasteiger partial charge on any atom is -0.355 e. The van der Waals surface area contributed by atoms with Gasteiger partial charge in [-0.15, -0.1) is 24.0 Å². The van der Waals surface area contributed by atoms with E-state index in [1.165, 1.54) is 11.9 Å². The first-order valence-corrected chi connectivity index (χ1v) is 9.10. The summed E-state index contributed by atoms with van der Waals surface area (Å²) in [5.41, 5.74) is 1.01. The van der Waals surface area contributed by atoms with Crippen molar-refractivity contribution in [2.45, 2.75) is 12.2 Å². The second kappa shape index (κ2) is 12.2. The molecule has 0 radical (unpaired) electrons. The molecule has 0 saturated carbocycles. The van der Waals surface area contributed by atoms with Crippen LogP contribution < -0.4 is 10.6 Å². The topological polar surface area (TPSA) is 57.5 Å². The summed E-state index contributed by atoms with van der Waals surface area (Å²) in [5, 5.41) is 11.2. The maximum absolute atomic E-state index is 12.4. The zero-order valence-corrected chi connectivity index (χ0v) is 19.2. The molecule has 0 aliphatic carbocycles. The number of nitrogens with one attached hydrogen (secondary N) is 2. The third kappa shape index (κ3) is 9.22. The van der Waals surface area contributed by atoms with Crippen molar-refractivity contribution in [3.8, 4) is 0 Å². The molecule has 0 aliphatic heterocycles. The van der Waals surface area contributed by atoms with Gasteiger partial charge < -0.3 is 10.6 Å². The van der Waals surface area contributed by atoms with E-state index in [9.17, 15) is 13.2 Å². The number of rotatable bonds is 8. The zero-order valence-electron chi connectivity index (χ0n) is 16.2. The highest BCUT2D eigenvalue weighted by atomic mass is 127. The van der Waals surface area contributed by atoms with Crippen molar-refractivity contribution in [1.82, 2.24) is 25.3 Å². The molecule has 2 rings (SSSR count). The molecule has 1 aromatic heterocycles. The molecule has 0 amide bonds. The Morgan fingerprint density at radius 2 is 1.97 bits per heavy atom. The summed E-state index contributed by atoms with van der Waals surface area (Å²) < 4.78 is 38.9. The SMILES string of the molecule is CN=C(NCCN(C)CC(F)(F)F)NCC(c1ccc(Cl)cc1)n1cccn1.I. The van der Waals surface area contributed by atoms with Crippen LogP contribution in [-0.4, -0.2) is 67.1 Å². The highest BCUT2D eigenvalue weighted by Gasteiger charge is 2.28. The number of benzene rings is 1. The maximum atomic E-state index is 12.4. The molecular weight excluding hydrogens is 520 g/mol. The van der Waals surface area contributed by atoms with Crippen molar-refractivity contribution in [1.29, 1.82) is 0 Å². The predicted octanol–water partition coefficient (Wildman–Crippen LogP) is 3.40. The average Bonchev–Trinajstić information content (AvgIpc) is 3.14. The number of aromatic nitrogens is 2. The second-order valence-electron chi connectivity index (χ2n) is 6.29. The first-order valence-electron chi connectivity index (χ1n) is 8.73. The predicted molar refractivity (Wildman–Crippen MR) is 120 cm³/mol. The van der Waals surface area contributed by atoms with Gasteiger partial charge in [-0.25, -0.2) is 0 Å². The molecule has 0 aliphatic rings. The first kappa shape index (κ1) is 25.5. The molecule has 0 spiro atoms. The third-order valence-corrected chi connectivity index (χ3v) is 4.27. The van der Waals surface area contributed by atoms with Gasteiger partial charge in [0, 0.05) is 44.1 Å². The maximum Gasteiger partial charge on any atom is 0.401 e. The van der Waals surface area contributed by atoms with Gasteiger partial charge in [0.25, 0.3) is 0 Å². The van der Waals surface area contributed by atoms with Crippen LogP contribution in [0.4, 0.5) is 13.2 Å². The molecule has 0 bridgehead atoms. The lowest BCUT2D eigenvalue weighted by atomic mass is 10.1. The summed E-state index contributed by atoms with van der Waals surface area (Å²) in [6, 6.07) is 9.23. The fourth-order valence-corrected chi connectivity index (χ4v) is 2.80. The van der Waals surface area contributed by atoms with Gasteiger partial charge in [0.2, 0.25) is 0 Å². The average molecular weight is 545 g/mol. The number of nitrogens with zero attached hydrogens (tertiary/aromatic N) is 4. The van der Waals surface area contributed by atoms with E-state index in [4.69, 9.17) is 11.6 Å². The van der Waals surface area contributed by atoms with Gasteiger partial charge >= 0.3 is 6.18 Å². The minimum absolute atomic E-state index is 0. The Labute approximate surface area is 190 Å². The Morgan fingerprint density at radius 1 is 1.28 bits per heavy atom. The van der Waals surface area contributed by atoms with Crippen molar-refractivity contribution < 1.29 is 13.2 Å². The largest absolute Gasteiger partial charge is 0.401 e. The summed E-state index contributed by atoms with van der Waals surface area (Å²) in [5.74, 6) is 0.506. The molecule has 1 atom stereocenters. The van der Waals surface area contributed by atoms with Gasteiger partial charge in [-0.3, -0.25) is 14.6 Å². The van der Waals surface area contributed by atoms with Gasteiger partial charge in [0.05, 0.1) is 12.6 Å². The summed E-state index contributed by atoms with van der Waals surface area (Å²) in [6.45, 7) is 0.111. The van der Waals surface area contributed by atoms with E-state index >= 15 is 0 Å². The third-order valence-electron chi connectivity index (χ3n) is 4.02. The molecule has 0 fully saturated rings. The van der Waals surface area contributed by atoms with Crippen molar-refractivity contribution in [2.24, 2.45) is 4.99 Å². The Bertz CT molecular complexity index is 737. The molecule has 2 aromatic rings. The monoisotopic (exact) mass is 544 g/mol. The molecule has 29 heavy (non-hydrogen) atoms. The molecule has 2 N–H and O–H groups in total. The summed E-state index contributed by atoms with van der Waals surface area (Å²) >= 11 is 5.97. The molecule has 1 heterocycles. The number of hydrogen-bond donors (Lipinski definition) is 2. The Kier molecular flexibility index (Phi) is 10.8. The van der Waals surface area contributed by atoms with Gasteiger partial charge in [-0.05, 0) is 30.8 Å². The van der Waals surface area contributed by atoms with E-state index in [0.29, 0.717) is 24.1 Å². The van der Waals surface area contributed by atoms with Crippen molar-refractivity contribution in [3.63, 3.8) is 0 Å². The van der Waals surface area contributed by atoms with Crippen LogP contribution in [0.2, 0.25) is 5.02 Å². The van der Waals surface area contributed by atoms with Crippen LogP contribution in [0.1, 0.15) is 11.6 Å². The number of aliphatic imine (C=N–C) groups is 1. The van der Waals surface area contributed by atoms with E-state index in [1.54, 1.807) is 13.2 Å². The van der Waals surface area contributed by atoms with E-state index in [1.807, 2.05) is 41.2 Å². The molecule has 1 aromatic carbocycles. The smallest absolute Gasteiger partial charge is 0.355 e. The summed E-state index contributed by atoms with van der Waals surface area (Å²) in [6.07, 6.45) is -0.639. The van der Waals surface area contributed by atoms with Crippen LogP contribution in [0, 0.1) is 0 Å². The number of halogens is 5. The molecule has 1 unspecified atom stereocenters. The fourth-order valence-electron chi connectivity index (χ4n) is 2.68. The lowest BCUT2D eigenvalue weighted by Gasteiger charge is -2.22. The van der Waals surface area contributed by atoms with Gasteiger partial charge in [-0.2, -0.15) is 18.3 Å². The number of likely N-dealkylation sites (N-methyl/N-ethyl adjacent to an activating group) is 1. The van der Waals surface area contributed by atoms with Crippen molar-refractivity contribution in [3.05, 3.63) is 53.3 Å². The van der Waals surface area contributed by atoms with Crippen LogP contribution in [0.25, 0.3) is 0 Å². The highest BCUT2D eigenvalue weighted by Crippen LogP contribution is 2.19. The van der Waals surface area contributed by atoms with Crippen LogP contribution in [-0.2, 0) is 0 Å². The normalized spacial score (nSPS) is 13.1. The zero-order chi connectivity index (χ0) is 20.6. The Balaban J connectivity index is 0.00000420. The van der Waals surface area contributed by atoms with Crippen LogP contribution in [0.15, 0.2) is 47.7 Å². The molecule has 162 valence electrons. The molecule has 6 nitrogen and oxygen atoms in total. The van der Waals surface area contributed by atoms with E-state index in [0.717, 1.165) is 5.56 Å². The van der Waals surface area contributed by atoms with Crippen molar-refractivity contribution >= 4 is 41.5 Å². The van der Waals surface area contributed by atoms with E-state index in [2.05, 4.69) is 20.7 Å². The second-order valence-corrected chi connectivity index (χ2v) is 6.72.